The van der Waals surface area contributed by atoms with Gasteiger partial charge in [-0.2, -0.15) is 0 Å². The standard InChI is InChI=1S/C19H20N4O4S/c1-26-17-7-15-16(8-18(17)27-2)20-11-21-19(15)23-9-12-4-5-14(6-13(12)10-23)22-28(3,24)25/h4-8,11,22H,9-10H2,1-3H3. The van der Waals surface area contributed by atoms with Crippen LogP contribution in [0.1, 0.15) is 11.1 Å². The molecule has 0 radical (unpaired) electrons. The minimum absolute atomic E-state index is 0.557. The molecule has 0 bridgehead atoms. The van der Waals surface area contributed by atoms with Gasteiger partial charge < -0.3 is 14.4 Å². The Labute approximate surface area is 163 Å². The summed E-state index contributed by atoms with van der Waals surface area (Å²) >= 11 is 0. The fraction of sp³-hybridized carbons (Fsp3) is 0.263. The molecule has 146 valence electrons. The van der Waals surface area contributed by atoms with Crippen LogP contribution < -0.4 is 19.1 Å². The number of hydrogen-bond donors (Lipinski definition) is 1. The maximum atomic E-state index is 11.5. The molecule has 8 nitrogen and oxygen atoms in total. The molecule has 0 saturated heterocycles. The highest BCUT2D eigenvalue weighted by atomic mass is 32.2. The Morgan fingerprint density at radius 1 is 1.00 bits per heavy atom. The predicted molar refractivity (Wildman–Crippen MR) is 107 cm³/mol. The fourth-order valence-electron chi connectivity index (χ4n) is 3.44. The minimum Gasteiger partial charge on any atom is -0.493 e. The van der Waals surface area contributed by atoms with Gasteiger partial charge >= 0.3 is 0 Å². The molecule has 9 heteroatoms. The number of methoxy groups -OCH3 is 2. The molecule has 2 heterocycles. The molecule has 0 spiro atoms. The molecule has 1 aromatic heterocycles. The van der Waals surface area contributed by atoms with E-state index in [9.17, 15) is 8.42 Å². The van der Waals surface area contributed by atoms with Crippen LogP contribution in [-0.2, 0) is 23.1 Å². The van der Waals surface area contributed by atoms with Crippen LogP contribution in [0.3, 0.4) is 0 Å². The number of rotatable bonds is 5. The highest BCUT2D eigenvalue weighted by Gasteiger charge is 2.23. The van der Waals surface area contributed by atoms with Gasteiger partial charge in [-0.3, -0.25) is 4.72 Å². The summed E-state index contributed by atoms with van der Waals surface area (Å²) in [7, 11) is -0.133. The van der Waals surface area contributed by atoms with Gasteiger partial charge in [0.05, 0.1) is 26.0 Å². The summed E-state index contributed by atoms with van der Waals surface area (Å²) in [5.41, 5.74) is 3.51. The average Bonchev–Trinajstić information content (AvgIpc) is 3.08. The summed E-state index contributed by atoms with van der Waals surface area (Å²) in [5, 5.41) is 0.863. The highest BCUT2D eigenvalue weighted by Crippen LogP contribution is 2.37. The summed E-state index contributed by atoms with van der Waals surface area (Å²) in [6.45, 7) is 1.30. The minimum atomic E-state index is -3.31. The van der Waals surface area contributed by atoms with Gasteiger partial charge in [-0.15, -0.1) is 0 Å². The first-order valence-electron chi connectivity index (χ1n) is 8.59. The highest BCUT2D eigenvalue weighted by molar-refractivity contribution is 7.92. The van der Waals surface area contributed by atoms with Crippen molar-refractivity contribution in [2.75, 3.05) is 30.1 Å². The van der Waals surface area contributed by atoms with Crippen molar-refractivity contribution in [3.8, 4) is 11.5 Å². The number of fused-ring (bicyclic) bond motifs is 2. The Kier molecular flexibility index (Phi) is 4.46. The zero-order chi connectivity index (χ0) is 19.9. The Balaban J connectivity index is 1.71. The number of anilines is 2. The first-order valence-corrected chi connectivity index (χ1v) is 10.5. The molecule has 3 aromatic rings. The molecule has 0 aliphatic carbocycles. The second kappa shape index (κ2) is 6.83. The van der Waals surface area contributed by atoms with Crippen LogP contribution in [0.25, 0.3) is 10.9 Å². The lowest BCUT2D eigenvalue weighted by Crippen LogP contribution is -2.16. The van der Waals surface area contributed by atoms with E-state index >= 15 is 0 Å². The summed E-state index contributed by atoms with van der Waals surface area (Å²) in [6, 6.07) is 9.29. The van der Waals surface area contributed by atoms with Crippen LogP contribution in [0.4, 0.5) is 11.5 Å². The third-order valence-corrected chi connectivity index (χ3v) is 5.26. The molecule has 1 aliphatic heterocycles. The fourth-order valence-corrected chi connectivity index (χ4v) is 4.00. The van der Waals surface area contributed by atoms with Gasteiger partial charge in [0.25, 0.3) is 0 Å². The molecule has 0 fully saturated rings. The molecular formula is C19H20N4O4S. The number of sulfonamides is 1. The molecule has 2 aromatic carbocycles. The van der Waals surface area contributed by atoms with Gasteiger partial charge in [0, 0.05) is 30.2 Å². The largest absolute Gasteiger partial charge is 0.493 e. The second-order valence-electron chi connectivity index (χ2n) is 6.64. The van der Waals surface area contributed by atoms with Crippen LogP contribution in [-0.4, -0.2) is 38.9 Å². The van der Waals surface area contributed by atoms with E-state index in [0.717, 1.165) is 34.1 Å². The van der Waals surface area contributed by atoms with E-state index in [1.807, 2.05) is 24.3 Å². The summed E-state index contributed by atoms with van der Waals surface area (Å²) in [6.07, 6.45) is 2.67. The molecular weight excluding hydrogens is 380 g/mol. The van der Waals surface area contributed by atoms with Crippen molar-refractivity contribution in [3.63, 3.8) is 0 Å². The van der Waals surface area contributed by atoms with Gasteiger partial charge in [0.1, 0.15) is 12.1 Å². The van der Waals surface area contributed by atoms with Crippen molar-refractivity contribution in [1.29, 1.82) is 0 Å². The molecule has 0 atom stereocenters. The van der Waals surface area contributed by atoms with Gasteiger partial charge in [0.2, 0.25) is 10.0 Å². The van der Waals surface area contributed by atoms with Crippen molar-refractivity contribution in [2.24, 2.45) is 0 Å². The normalized spacial score (nSPS) is 13.5. The summed E-state index contributed by atoms with van der Waals surface area (Å²) < 4.78 is 36.3. The molecule has 28 heavy (non-hydrogen) atoms. The lowest BCUT2D eigenvalue weighted by atomic mass is 10.1. The SMILES string of the molecule is COc1cc2ncnc(N3Cc4ccc(NS(C)(=O)=O)cc4C3)c2cc1OC. The van der Waals surface area contributed by atoms with Crippen LogP contribution in [0.5, 0.6) is 11.5 Å². The molecule has 0 saturated carbocycles. The Bertz CT molecular complexity index is 1160. The topological polar surface area (TPSA) is 93.7 Å². The van der Waals surface area contributed by atoms with Gasteiger partial charge in [-0.1, -0.05) is 6.07 Å². The van der Waals surface area contributed by atoms with Crippen LogP contribution in [0.2, 0.25) is 0 Å². The summed E-state index contributed by atoms with van der Waals surface area (Å²) in [4.78, 5) is 11.0. The average molecular weight is 400 g/mol. The molecule has 4 rings (SSSR count). The van der Waals surface area contributed by atoms with E-state index < -0.39 is 10.0 Å². The van der Waals surface area contributed by atoms with E-state index in [-0.39, 0.29) is 0 Å². The van der Waals surface area contributed by atoms with Gasteiger partial charge in [-0.25, -0.2) is 18.4 Å². The van der Waals surface area contributed by atoms with E-state index in [4.69, 9.17) is 9.47 Å². The summed E-state index contributed by atoms with van der Waals surface area (Å²) in [5.74, 6) is 2.02. The van der Waals surface area contributed by atoms with Crippen LogP contribution >= 0.6 is 0 Å². The van der Waals surface area contributed by atoms with E-state index in [1.165, 1.54) is 6.33 Å². The lowest BCUT2D eigenvalue weighted by molar-refractivity contribution is 0.356. The third kappa shape index (κ3) is 3.40. The molecule has 1 N–H and O–H groups in total. The zero-order valence-corrected chi connectivity index (χ0v) is 16.6. The number of nitrogens with one attached hydrogen (secondary N) is 1. The maximum absolute atomic E-state index is 11.5. The Morgan fingerprint density at radius 3 is 2.43 bits per heavy atom. The number of hydrogen-bond acceptors (Lipinski definition) is 7. The predicted octanol–water partition coefficient (Wildman–Crippen LogP) is 2.54. The lowest BCUT2D eigenvalue weighted by Gasteiger charge is -2.19. The molecule has 0 amide bonds. The van der Waals surface area contributed by atoms with Gasteiger partial charge in [-0.05, 0) is 29.3 Å². The third-order valence-electron chi connectivity index (χ3n) is 4.65. The van der Waals surface area contributed by atoms with Gasteiger partial charge in [0.15, 0.2) is 11.5 Å². The first kappa shape index (κ1) is 18.3. The molecule has 1 aliphatic rings. The van der Waals surface area contributed by atoms with Crippen molar-refractivity contribution < 1.29 is 17.9 Å². The Morgan fingerprint density at radius 2 is 1.71 bits per heavy atom. The first-order chi connectivity index (χ1) is 13.4. The van der Waals surface area contributed by atoms with Crippen molar-refractivity contribution in [1.82, 2.24) is 9.97 Å². The monoisotopic (exact) mass is 400 g/mol. The van der Waals surface area contributed by atoms with Crippen LogP contribution in [0, 0.1) is 0 Å². The van der Waals surface area contributed by atoms with Crippen molar-refractivity contribution in [3.05, 3.63) is 47.8 Å². The van der Waals surface area contributed by atoms with Crippen molar-refractivity contribution >= 4 is 32.4 Å². The zero-order valence-electron chi connectivity index (χ0n) is 15.8. The van der Waals surface area contributed by atoms with E-state index in [2.05, 4.69) is 19.6 Å². The number of aromatic nitrogens is 2. The van der Waals surface area contributed by atoms with Crippen molar-refractivity contribution in [2.45, 2.75) is 13.1 Å². The smallest absolute Gasteiger partial charge is 0.229 e. The quantitative estimate of drug-likeness (QED) is 0.703. The maximum Gasteiger partial charge on any atom is 0.229 e. The molecule has 0 unspecified atom stereocenters. The number of nitrogens with zero attached hydrogens (tertiary/aromatic N) is 3. The Hall–Kier alpha value is -3.07. The second-order valence-corrected chi connectivity index (χ2v) is 8.38. The number of ether oxygens (including phenoxy) is 2. The number of benzene rings is 2. The van der Waals surface area contributed by atoms with E-state index in [0.29, 0.717) is 30.3 Å². The van der Waals surface area contributed by atoms with E-state index in [1.54, 1.807) is 20.3 Å². The van der Waals surface area contributed by atoms with Crippen LogP contribution in [0.15, 0.2) is 36.7 Å².